The number of nitrogens with one attached hydrogen (secondary N) is 1. The standard InChI is InChI=1S/C8H17NO/c1-4-6-7(3)9-8(10)5-2/h7H,4-6H2,1-3H3,(H,9,10)/t7-/m1/s1. The van der Waals surface area contributed by atoms with Gasteiger partial charge in [-0.3, -0.25) is 4.79 Å². The highest BCUT2D eigenvalue weighted by molar-refractivity contribution is 5.75. The summed E-state index contributed by atoms with van der Waals surface area (Å²) < 4.78 is 0. The van der Waals surface area contributed by atoms with Crippen LogP contribution in [0.15, 0.2) is 0 Å². The molecule has 1 atom stereocenters. The van der Waals surface area contributed by atoms with Crippen molar-refractivity contribution in [2.45, 2.75) is 46.1 Å². The van der Waals surface area contributed by atoms with Crippen LogP contribution in [-0.2, 0) is 4.79 Å². The van der Waals surface area contributed by atoms with Gasteiger partial charge >= 0.3 is 0 Å². The Hall–Kier alpha value is -0.530. The Balaban J connectivity index is 3.37. The molecular weight excluding hydrogens is 126 g/mol. The molecule has 0 aromatic carbocycles. The molecule has 10 heavy (non-hydrogen) atoms. The van der Waals surface area contributed by atoms with Gasteiger partial charge in [-0.25, -0.2) is 0 Å². The van der Waals surface area contributed by atoms with Gasteiger partial charge in [-0.15, -0.1) is 0 Å². The van der Waals surface area contributed by atoms with E-state index >= 15 is 0 Å². The lowest BCUT2D eigenvalue weighted by Crippen LogP contribution is -2.31. The average Bonchev–Trinajstić information content (AvgIpc) is 1.88. The monoisotopic (exact) mass is 143 g/mol. The fraction of sp³-hybridized carbons (Fsp3) is 0.875. The van der Waals surface area contributed by atoms with Crippen molar-refractivity contribution in [2.75, 3.05) is 0 Å². The molecule has 0 heterocycles. The van der Waals surface area contributed by atoms with Crippen molar-refractivity contribution >= 4 is 5.91 Å². The summed E-state index contributed by atoms with van der Waals surface area (Å²) in [5.41, 5.74) is 0. The van der Waals surface area contributed by atoms with Crippen molar-refractivity contribution in [1.82, 2.24) is 5.32 Å². The minimum absolute atomic E-state index is 0.154. The maximum Gasteiger partial charge on any atom is 0.219 e. The fourth-order valence-corrected chi connectivity index (χ4v) is 0.882. The number of rotatable bonds is 4. The molecule has 0 fully saturated rings. The van der Waals surface area contributed by atoms with Gasteiger partial charge in [-0.2, -0.15) is 0 Å². The van der Waals surface area contributed by atoms with Crippen LogP contribution in [0.25, 0.3) is 0 Å². The largest absolute Gasteiger partial charge is 0.354 e. The van der Waals surface area contributed by atoms with Crippen LogP contribution in [0.1, 0.15) is 40.0 Å². The number of amides is 1. The molecule has 0 aromatic rings. The maximum absolute atomic E-state index is 10.8. The van der Waals surface area contributed by atoms with E-state index in [9.17, 15) is 4.79 Å². The molecule has 0 rings (SSSR count). The second-order valence-electron chi connectivity index (χ2n) is 2.61. The summed E-state index contributed by atoms with van der Waals surface area (Å²) in [7, 11) is 0. The number of hydrogen-bond acceptors (Lipinski definition) is 1. The van der Waals surface area contributed by atoms with Crippen molar-refractivity contribution < 1.29 is 4.79 Å². The Morgan fingerprint density at radius 3 is 2.50 bits per heavy atom. The molecule has 0 aliphatic heterocycles. The topological polar surface area (TPSA) is 29.1 Å². The van der Waals surface area contributed by atoms with Crippen LogP contribution >= 0.6 is 0 Å². The number of carbonyl (C=O) groups is 1. The molecule has 1 N–H and O–H groups in total. The highest BCUT2D eigenvalue weighted by Gasteiger charge is 2.02. The Bertz CT molecular complexity index is 101. The first-order chi connectivity index (χ1) is 4.70. The van der Waals surface area contributed by atoms with Gasteiger partial charge in [-0.1, -0.05) is 20.3 Å². The molecule has 0 aliphatic rings. The maximum atomic E-state index is 10.8. The predicted molar refractivity (Wildman–Crippen MR) is 42.8 cm³/mol. The Morgan fingerprint density at radius 1 is 1.50 bits per heavy atom. The molecule has 2 heteroatoms. The fourth-order valence-electron chi connectivity index (χ4n) is 0.882. The van der Waals surface area contributed by atoms with Crippen LogP contribution in [0.5, 0.6) is 0 Å². The SMILES string of the molecule is CCC[C@@H](C)NC(=O)CC. The third-order valence-corrected chi connectivity index (χ3v) is 1.45. The average molecular weight is 143 g/mol. The molecular formula is C8H17NO. The minimum atomic E-state index is 0.154. The summed E-state index contributed by atoms with van der Waals surface area (Å²) >= 11 is 0. The first-order valence-corrected chi connectivity index (χ1v) is 4.00. The van der Waals surface area contributed by atoms with Crippen molar-refractivity contribution in [3.8, 4) is 0 Å². The molecule has 0 aromatic heterocycles. The van der Waals surface area contributed by atoms with E-state index in [4.69, 9.17) is 0 Å². The van der Waals surface area contributed by atoms with E-state index in [1.165, 1.54) is 0 Å². The molecule has 1 amide bonds. The van der Waals surface area contributed by atoms with E-state index in [1.54, 1.807) is 0 Å². The Labute approximate surface area is 63.0 Å². The second kappa shape index (κ2) is 5.27. The lowest BCUT2D eigenvalue weighted by atomic mass is 10.2. The zero-order chi connectivity index (χ0) is 7.98. The van der Waals surface area contributed by atoms with Gasteiger partial charge in [0.1, 0.15) is 0 Å². The van der Waals surface area contributed by atoms with Crippen LogP contribution in [0.3, 0.4) is 0 Å². The highest BCUT2D eigenvalue weighted by atomic mass is 16.1. The molecule has 2 nitrogen and oxygen atoms in total. The summed E-state index contributed by atoms with van der Waals surface area (Å²) in [5, 5.41) is 2.89. The van der Waals surface area contributed by atoms with Crippen LogP contribution in [0, 0.1) is 0 Å². The summed E-state index contributed by atoms with van der Waals surface area (Å²) in [4.78, 5) is 10.8. The van der Waals surface area contributed by atoms with Gasteiger partial charge in [0.25, 0.3) is 0 Å². The molecule has 0 radical (unpaired) electrons. The van der Waals surface area contributed by atoms with E-state index in [2.05, 4.69) is 12.2 Å². The van der Waals surface area contributed by atoms with Crippen LogP contribution < -0.4 is 5.32 Å². The van der Waals surface area contributed by atoms with Gasteiger partial charge in [0, 0.05) is 12.5 Å². The lowest BCUT2D eigenvalue weighted by Gasteiger charge is -2.10. The van der Waals surface area contributed by atoms with Crippen LogP contribution in [0.2, 0.25) is 0 Å². The van der Waals surface area contributed by atoms with E-state index < -0.39 is 0 Å². The molecule has 0 bridgehead atoms. The van der Waals surface area contributed by atoms with E-state index in [-0.39, 0.29) is 5.91 Å². The first kappa shape index (κ1) is 9.47. The molecule has 0 spiro atoms. The smallest absolute Gasteiger partial charge is 0.219 e. The quantitative estimate of drug-likeness (QED) is 0.637. The Morgan fingerprint density at radius 2 is 2.10 bits per heavy atom. The van der Waals surface area contributed by atoms with Crippen molar-refractivity contribution in [3.05, 3.63) is 0 Å². The molecule has 0 unspecified atom stereocenters. The zero-order valence-corrected chi connectivity index (χ0v) is 7.11. The van der Waals surface area contributed by atoms with Crippen molar-refractivity contribution in [3.63, 3.8) is 0 Å². The summed E-state index contributed by atoms with van der Waals surface area (Å²) in [6.45, 7) is 6.03. The highest BCUT2D eigenvalue weighted by Crippen LogP contribution is 1.94. The van der Waals surface area contributed by atoms with Crippen LogP contribution in [0.4, 0.5) is 0 Å². The van der Waals surface area contributed by atoms with E-state index in [1.807, 2.05) is 13.8 Å². The first-order valence-electron chi connectivity index (χ1n) is 4.00. The third-order valence-electron chi connectivity index (χ3n) is 1.45. The van der Waals surface area contributed by atoms with Crippen LogP contribution in [-0.4, -0.2) is 11.9 Å². The van der Waals surface area contributed by atoms with Gasteiger partial charge in [0.05, 0.1) is 0 Å². The van der Waals surface area contributed by atoms with Gasteiger partial charge in [0.15, 0.2) is 0 Å². The van der Waals surface area contributed by atoms with E-state index in [0.717, 1.165) is 12.8 Å². The molecule has 0 aliphatic carbocycles. The van der Waals surface area contributed by atoms with E-state index in [0.29, 0.717) is 12.5 Å². The third kappa shape index (κ3) is 4.36. The molecule has 0 saturated carbocycles. The lowest BCUT2D eigenvalue weighted by molar-refractivity contribution is -0.121. The Kier molecular flexibility index (Phi) is 4.99. The number of carbonyl (C=O) groups excluding carboxylic acids is 1. The minimum Gasteiger partial charge on any atom is -0.354 e. The predicted octanol–water partition coefficient (Wildman–Crippen LogP) is 1.70. The second-order valence-corrected chi connectivity index (χ2v) is 2.61. The van der Waals surface area contributed by atoms with Crippen molar-refractivity contribution in [2.24, 2.45) is 0 Å². The summed E-state index contributed by atoms with van der Waals surface area (Å²) in [6.07, 6.45) is 2.80. The summed E-state index contributed by atoms with van der Waals surface area (Å²) in [5.74, 6) is 0.154. The van der Waals surface area contributed by atoms with Gasteiger partial charge in [0.2, 0.25) is 5.91 Å². The normalized spacial score (nSPS) is 12.7. The van der Waals surface area contributed by atoms with Crippen molar-refractivity contribution in [1.29, 1.82) is 0 Å². The molecule has 60 valence electrons. The summed E-state index contributed by atoms with van der Waals surface area (Å²) in [6, 6.07) is 0.345. The molecule has 0 saturated heterocycles. The zero-order valence-electron chi connectivity index (χ0n) is 7.11. The number of hydrogen-bond donors (Lipinski definition) is 1. The van der Waals surface area contributed by atoms with Gasteiger partial charge < -0.3 is 5.32 Å². The van der Waals surface area contributed by atoms with Gasteiger partial charge in [-0.05, 0) is 13.3 Å².